The largest absolute Gasteiger partial charge is 0.467 e. The fourth-order valence-corrected chi connectivity index (χ4v) is 4.20. The van der Waals surface area contributed by atoms with E-state index in [9.17, 15) is 0 Å². The lowest BCUT2D eigenvalue weighted by atomic mass is 10.1. The van der Waals surface area contributed by atoms with Gasteiger partial charge in [-0.1, -0.05) is 25.5 Å². The molecule has 3 aromatic rings. The van der Waals surface area contributed by atoms with Gasteiger partial charge in [0.2, 0.25) is 0 Å². The van der Waals surface area contributed by atoms with Gasteiger partial charge < -0.3 is 9.32 Å². The van der Waals surface area contributed by atoms with E-state index in [1.807, 2.05) is 16.8 Å². The van der Waals surface area contributed by atoms with Crippen LogP contribution in [-0.4, -0.2) is 51.3 Å². The number of rotatable bonds is 7. The second kappa shape index (κ2) is 10.1. The molecule has 0 amide bonds. The van der Waals surface area contributed by atoms with Crippen LogP contribution >= 0.6 is 12.4 Å². The van der Waals surface area contributed by atoms with E-state index in [-0.39, 0.29) is 18.4 Å². The summed E-state index contributed by atoms with van der Waals surface area (Å²) in [5.41, 5.74) is 4.02. The Morgan fingerprint density at radius 3 is 2.60 bits per heavy atom. The molecule has 1 saturated heterocycles. The van der Waals surface area contributed by atoms with E-state index in [0.29, 0.717) is 6.54 Å². The highest BCUT2D eigenvalue weighted by molar-refractivity contribution is 5.85. The zero-order valence-electron chi connectivity index (χ0n) is 18.0. The molecule has 1 unspecified atom stereocenters. The third-order valence-corrected chi connectivity index (χ3v) is 5.77. The third kappa shape index (κ3) is 4.84. The summed E-state index contributed by atoms with van der Waals surface area (Å²) in [6.45, 7) is 11.2. The summed E-state index contributed by atoms with van der Waals surface area (Å²) in [5.74, 6) is 1.80. The molecule has 0 saturated carbocycles. The first-order valence-corrected chi connectivity index (χ1v) is 10.5. The van der Waals surface area contributed by atoms with Gasteiger partial charge >= 0.3 is 0 Å². The molecule has 162 valence electrons. The second-order valence-electron chi connectivity index (χ2n) is 7.89. The molecule has 0 bridgehead atoms. The number of hydrogen-bond donors (Lipinski definition) is 0. The van der Waals surface area contributed by atoms with Gasteiger partial charge in [0.25, 0.3) is 0 Å². The summed E-state index contributed by atoms with van der Waals surface area (Å²) in [4.78, 5) is 5.04. The SMILES string of the molecule is CCCC(c1nnnn1Cc1ccco1)N1CCN(c2cc(C)ccc2C)CC1.Cl. The van der Waals surface area contributed by atoms with Gasteiger partial charge in [0.05, 0.1) is 12.3 Å². The van der Waals surface area contributed by atoms with Crippen LogP contribution in [0, 0.1) is 13.8 Å². The molecule has 4 rings (SSSR count). The number of aromatic nitrogens is 4. The van der Waals surface area contributed by atoms with Crippen molar-refractivity contribution in [2.75, 3.05) is 31.1 Å². The first-order valence-electron chi connectivity index (χ1n) is 10.5. The van der Waals surface area contributed by atoms with Crippen molar-refractivity contribution in [3.05, 3.63) is 59.3 Å². The highest BCUT2D eigenvalue weighted by Gasteiger charge is 2.29. The van der Waals surface area contributed by atoms with Crippen molar-refractivity contribution in [3.8, 4) is 0 Å². The zero-order chi connectivity index (χ0) is 20.2. The van der Waals surface area contributed by atoms with E-state index in [0.717, 1.165) is 50.6 Å². The average molecular weight is 431 g/mol. The fraction of sp³-hybridized carbons (Fsp3) is 0.500. The Morgan fingerprint density at radius 2 is 1.90 bits per heavy atom. The molecule has 7 nitrogen and oxygen atoms in total. The summed E-state index contributed by atoms with van der Waals surface area (Å²) < 4.78 is 7.38. The van der Waals surface area contributed by atoms with Gasteiger partial charge in [-0.2, -0.15) is 0 Å². The maximum Gasteiger partial charge on any atom is 0.168 e. The average Bonchev–Trinajstić information content (AvgIpc) is 3.41. The van der Waals surface area contributed by atoms with Crippen molar-refractivity contribution < 1.29 is 4.42 Å². The minimum Gasteiger partial charge on any atom is -0.467 e. The Morgan fingerprint density at radius 1 is 1.10 bits per heavy atom. The van der Waals surface area contributed by atoms with Gasteiger partial charge in [-0.3, -0.25) is 4.90 Å². The molecule has 0 N–H and O–H groups in total. The minimum atomic E-state index is 0. The number of hydrogen-bond acceptors (Lipinski definition) is 6. The molecule has 1 aromatic carbocycles. The van der Waals surface area contributed by atoms with E-state index < -0.39 is 0 Å². The number of anilines is 1. The van der Waals surface area contributed by atoms with Gasteiger partial charge in [-0.25, -0.2) is 4.68 Å². The molecule has 3 heterocycles. The molecule has 30 heavy (non-hydrogen) atoms. The predicted octanol–water partition coefficient (Wildman–Crippen LogP) is 4.02. The topological polar surface area (TPSA) is 63.2 Å². The van der Waals surface area contributed by atoms with E-state index in [1.54, 1.807) is 6.26 Å². The van der Waals surface area contributed by atoms with Crippen molar-refractivity contribution in [1.82, 2.24) is 25.1 Å². The van der Waals surface area contributed by atoms with Gasteiger partial charge in [-0.15, -0.1) is 17.5 Å². The zero-order valence-corrected chi connectivity index (χ0v) is 18.8. The van der Waals surface area contributed by atoms with Crippen LogP contribution in [0.25, 0.3) is 0 Å². The third-order valence-electron chi connectivity index (χ3n) is 5.77. The monoisotopic (exact) mass is 430 g/mol. The number of aryl methyl sites for hydroxylation is 2. The van der Waals surface area contributed by atoms with E-state index >= 15 is 0 Å². The normalized spacial score (nSPS) is 15.8. The molecule has 1 atom stereocenters. The van der Waals surface area contributed by atoms with Crippen LogP contribution < -0.4 is 4.90 Å². The predicted molar refractivity (Wildman–Crippen MR) is 120 cm³/mol. The highest BCUT2D eigenvalue weighted by Crippen LogP contribution is 2.28. The standard InChI is InChI=1S/C22H30N6O.ClH/c1-4-6-20(22-23-24-25-28(22)16-19-7-5-14-29-19)26-10-12-27(13-11-26)21-15-17(2)8-9-18(21)3;/h5,7-9,14-15,20H,4,6,10-13,16H2,1-3H3;1H. The molecule has 1 aliphatic rings. The number of halogens is 1. The molecule has 0 radical (unpaired) electrons. The number of nitrogens with zero attached hydrogens (tertiary/aromatic N) is 6. The summed E-state index contributed by atoms with van der Waals surface area (Å²) in [6.07, 6.45) is 3.83. The molecule has 1 aliphatic heterocycles. The molecule has 0 spiro atoms. The number of piperazine rings is 1. The fourth-order valence-electron chi connectivity index (χ4n) is 4.20. The van der Waals surface area contributed by atoms with Crippen molar-refractivity contribution >= 4 is 18.1 Å². The van der Waals surface area contributed by atoms with E-state index in [1.165, 1.54) is 16.8 Å². The number of benzene rings is 1. The number of tetrazole rings is 1. The van der Waals surface area contributed by atoms with E-state index in [2.05, 4.69) is 64.3 Å². The quantitative estimate of drug-likeness (QED) is 0.564. The van der Waals surface area contributed by atoms with Crippen LogP contribution in [0.15, 0.2) is 41.0 Å². The van der Waals surface area contributed by atoms with Crippen molar-refractivity contribution in [1.29, 1.82) is 0 Å². The smallest absolute Gasteiger partial charge is 0.168 e. The lowest BCUT2D eigenvalue weighted by Gasteiger charge is -2.40. The van der Waals surface area contributed by atoms with Crippen LogP contribution in [0.2, 0.25) is 0 Å². The Labute approximate surface area is 184 Å². The minimum absolute atomic E-state index is 0. The summed E-state index contributed by atoms with van der Waals surface area (Å²) in [6, 6.07) is 10.8. The molecule has 8 heteroatoms. The lowest BCUT2D eigenvalue weighted by molar-refractivity contribution is 0.164. The van der Waals surface area contributed by atoms with Crippen LogP contribution in [0.1, 0.15) is 48.5 Å². The van der Waals surface area contributed by atoms with Crippen LogP contribution in [0.4, 0.5) is 5.69 Å². The first kappa shape index (κ1) is 22.3. The van der Waals surface area contributed by atoms with Crippen molar-refractivity contribution in [3.63, 3.8) is 0 Å². The maximum atomic E-state index is 5.49. The molecular formula is C22H31ClN6O. The van der Waals surface area contributed by atoms with Crippen LogP contribution in [-0.2, 0) is 6.54 Å². The maximum absolute atomic E-state index is 5.49. The second-order valence-corrected chi connectivity index (χ2v) is 7.89. The Bertz CT molecular complexity index is 918. The van der Waals surface area contributed by atoms with Crippen molar-refractivity contribution in [2.24, 2.45) is 0 Å². The summed E-state index contributed by atoms with van der Waals surface area (Å²) in [5, 5.41) is 12.6. The van der Waals surface area contributed by atoms with E-state index in [4.69, 9.17) is 4.42 Å². The number of furan rings is 1. The van der Waals surface area contributed by atoms with Gasteiger partial charge in [-0.05, 0) is 60.0 Å². The van der Waals surface area contributed by atoms with Gasteiger partial charge in [0.15, 0.2) is 5.82 Å². The van der Waals surface area contributed by atoms with Gasteiger partial charge in [0, 0.05) is 31.9 Å². The Kier molecular flexibility index (Phi) is 7.50. The van der Waals surface area contributed by atoms with Crippen molar-refractivity contribution in [2.45, 2.75) is 46.2 Å². The highest BCUT2D eigenvalue weighted by atomic mass is 35.5. The van der Waals surface area contributed by atoms with Crippen LogP contribution in [0.3, 0.4) is 0 Å². The molecular weight excluding hydrogens is 400 g/mol. The summed E-state index contributed by atoms with van der Waals surface area (Å²) in [7, 11) is 0. The summed E-state index contributed by atoms with van der Waals surface area (Å²) >= 11 is 0. The molecule has 1 fully saturated rings. The van der Waals surface area contributed by atoms with Crippen LogP contribution in [0.5, 0.6) is 0 Å². The van der Waals surface area contributed by atoms with Gasteiger partial charge in [0.1, 0.15) is 12.3 Å². The Hall–Kier alpha value is -2.38. The first-order chi connectivity index (χ1) is 14.2. The lowest BCUT2D eigenvalue weighted by Crippen LogP contribution is -2.48. The molecule has 0 aliphatic carbocycles. The Balaban J connectivity index is 0.00000256. The molecule has 2 aromatic heterocycles.